The Hall–Kier alpha value is -0.390. The van der Waals surface area contributed by atoms with E-state index in [1.165, 1.54) is 4.88 Å². The summed E-state index contributed by atoms with van der Waals surface area (Å²) in [7, 11) is 0. The molecule has 0 bridgehead atoms. The number of hydrogen-bond donors (Lipinski definition) is 2. The second-order valence-electron chi connectivity index (χ2n) is 3.22. The van der Waals surface area contributed by atoms with Gasteiger partial charge in [0.1, 0.15) is 0 Å². The molecule has 5 heteroatoms. The lowest BCUT2D eigenvalue weighted by atomic mass is 10.1. The Morgan fingerprint density at radius 3 is 3.00 bits per heavy atom. The van der Waals surface area contributed by atoms with Gasteiger partial charge in [0.15, 0.2) is 0 Å². The van der Waals surface area contributed by atoms with Crippen LogP contribution < -0.4 is 10.6 Å². The normalized spacial score (nSPS) is 20.2. The highest BCUT2D eigenvalue weighted by Gasteiger charge is 2.23. The van der Waals surface area contributed by atoms with Crippen LogP contribution in [0.2, 0.25) is 0 Å². The summed E-state index contributed by atoms with van der Waals surface area (Å²) in [6, 6.07) is 4.05. The Morgan fingerprint density at radius 1 is 1.71 bits per heavy atom. The molecular formula is C9H11BrN2OS. The summed E-state index contributed by atoms with van der Waals surface area (Å²) < 4.78 is 1.10. The van der Waals surface area contributed by atoms with Crippen LogP contribution in [0.1, 0.15) is 11.3 Å². The van der Waals surface area contributed by atoms with Crippen molar-refractivity contribution in [1.82, 2.24) is 10.6 Å². The van der Waals surface area contributed by atoms with Crippen LogP contribution in [0.25, 0.3) is 0 Å². The number of carbonyl (C=O) groups excluding carboxylic acids is 1. The maximum Gasteiger partial charge on any atom is 0.237 e. The molecule has 2 N–H and O–H groups in total. The Bertz CT molecular complexity index is 335. The van der Waals surface area contributed by atoms with E-state index in [1.54, 1.807) is 11.3 Å². The molecule has 1 aromatic rings. The van der Waals surface area contributed by atoms with Crippen molar-refractivity contribution in [1.29, 1.82) is 0 Å². The molecule has 1 fully saturated rings. The van der Waals surface area contributed by atoms with Gasteiger partial charge in [0, 0.05) is 4.88 Å². The maximum atomic E-state index is 11.4. The summed E-state index contributed by atoms with van der Waals surface area (Å²) in [6.45, 7) is 1.59. The van der Waals surface area contributed by atoms with Crippen molar-refractivity contribution in [3.63, 3.8) is 0 Å². The second-order valence-corrected chi connectivity index (χ2v) is 5.77. The topological polar surface area (TPSA) is 41.1 Å². The summed E-state index contributed by atoms with van der Waals surface area (Å²) in [6.07, 6.45) is 0.958. The lowest BCUT2D eigenvalue weighted by Crippen LogP contribution is -2.52. The molecule has 0 radical (unpaired) electrons. The Labute approximate surface area is 95.0 Å². The van der Waals surface area contributed by atoms with E-state index >= 15 is 0 Å². The van der Waals surface area contributed by atoms with Crippen LogP contribution in [0.5, 0.6) is 0 Å². The fourth-order valence-corrected chi connectivity index (χ4v) is 2.68. The fraction of sp³-hybridized carbons (Fsp3) is 0.444. The highest BCUT2D eigenvalue weighted by atomic mass is 79.9. The molecule has 0 unspecified atom stereocenters. The molecule has 0 aliphatic carbocycles. The largest absolute Gasteiger partial charge is 0.350 e. The van der Waals surface area contributed by atoms with Gasteiger partial charge >= 0.3 is 0 Å². The molecule has 1 amide bonds. The van der Waals surface area contributed by atoms with Crippen molar-refractivity contribution in [2.45, 2.75) is 19.0 Å². The molecule has 2 heterocycles. The van der Waals surface area contributed by atoms with Crippen molar-refractivity contribution >= 4 is 33.2 Å². The molecule has 0 saturated carbocycles. The molecule has 76 valence electrons. The lowest BCUT2D eigenvalue weighted by Gasteiger charge is -2.26. The minimum absolute atomic E-state index is 0.0402. The minimum atomic E-state index is 0.0402. The van der Waals surface area contributed by atoms with Gasteiger partial charge in [-0.1, -0.05) is 0 Å². The summed E-state index contributed by atoms with van der Waals surface area (Å²) in [5.41, 5.74) is 0. The highest BCUT2D eigenvalue weighted by molar-refractivity contribution is 9.11. The van der Waals surface area contributed by atoms with Crippen molar-refractivity contribution in [3.05, 3.63) is 20.8 Å². The van der Waals surface area contributed by atoms with Crippen LogP contribution in [0.4, 0.5) is 0 Å². The van der Waals surface area contributed by atoms with Crippen LogP contribution in [-0.4, -0.2) is 18.5 Å². The average Bonchev–Trinajstić information content (AvgIpc) is 2.45. The molecule has 14 heavy (non-hydrogen) atoms. The first-order valence-corrected chi connectivity index (χ1v) is 6.12. The Balaban J connectivity index is 1.79. The van der Waals surface area contributed by atoms with E-state index in [0.717, 1.165) is 16.8 Å². The first-order valence-electron chi connectivity index (χ1n) is 4.51. The van der Waals surface area contributed by atoms with Crippen LogP contribution in [0, 0.1) is 0 Å². The molecule has 3 nitrogen and oxygen atoms in total. The Kier molecular flexibility index (Phi) is 3.20. The zero-order valence-electron chi connectivity index (χ0n) is 7.55. The third-order valence-electron chi connectivity index (χ3n) is 2.21. The van der Waals surface area contributed by atoms with E-state index < -0.39 is 0 Å². The van der Waals surface area contributed by atoms with E-state index in [4.69, 9.17) is 0 Å². The molecule has 1 aromatic heterocycles. The standard InChI is InChI=1S/C9H11BrN2OS/c10-8-2-1-6(14-8)5-12-9(13)7-3-4-11-7/h1-2,7,11H,3-5H2,(H,12,13)/t7-/m1/s1. The minimum Gasteiger partial charge on any atom is -0.350 e. The van der Waals surface area contributed by atoms with Gasteiger partial charge in [0.2, 0.25) is 5.91 Å². The molecule has 0 spiro atoms. The quantitative estimate of drug-likeness (QED) is 0.877. The molecule has 0 aromatic carbocycles. The van der Waals surface area contributed by atoms with Gasteiger partial charge in [-0.05, 0) is 41.0 Å². The van der Waals surface area contributed by atoms with Gasteiger partial charge in [0.05, 0.1) is 16.4 Å². The predicted octanol–water partition coefficient (Wildman–Crippen LogP) is 1.49. The Morgan fingerprint density at radius 2 is 2.50 bits per heavy atom. The third-order valence-corrected chi connectivity index (χ3v) is 3.83. The zero-order valence-corrected chi connectivity index (χ0v) is 9.95. The molecule has 1 aliphatic heterocycles. The second kappa shape index (κ2) is 4.42. The number of thiophene rings is 1. The van der Waals surface area contributed by atoms with E-state index in [0.29, 0.717) is 6.54 Å². The number of nitrogens with one attached hydrogen (secondary N) is 2. The maximum absolute atomic E-state index is 11.4. The average molecular weight is 275 g/mol. The highest BCUT2D eigenvalue weighted by Crippen LogP contribution is 2.21. The molecule has 1 aliphatic rings. The molecule has 2 rings (SSSR count). The molecule has 1 atom stereocenters. The summed E-state index contributed by atoms with van der Waals surface area (Å²) in [5, 5.41) is 5.97. The third kappa shape index (κ3) is 2.34. The van der Waals surface area contributed by atoms with Gasteiger partial charge in [0.25, 0.3) is 0 Å². The first-order chi connectivity index (χ1) is 6.75. The smallest absolute Gasteiger partial charge is 0.237 e. The summed E-state index contributed by atoms with van der Waals surface area (Å²) in [5.74, 6) is 0.112. The van der Waals surface area contributed by atoms with E-state index in [1.807, 2.05) is 12.1 Å². The number of halogens is 1. The fourth-order valence-electron chi connectivity index (χ4n) is 1.26. The van der Waals surface area contributed by atoms with Crippen LogP contribution >= 0.6 is 27.3 Å². The van der Waals surface area contributed by atoms with Crippen molar-refractivity contribution in [2.75, 3.05) is 6.54 Å². The van der Waals surface area contributed by atoms with Crippen LogP contribution in [0.3, 0.4) is 0 Å². The van der Waals surface area contributed by atoms with Crippen LogP contribution in [-0.2, 0) is 11.3 Å². The van der Waals surface area contributed by atoms with Gasteiger partial charge in [-0.15, -0.1) is 11.3 Å². The van der Waals surface area contributed by atoms with Crippen molar-refractivity contribution in [2.24, 2.45) is 0 Å². The van der Waals surface area contributed by atoms with E-state index in [9.17, 15) is 4.79 Å². The molecular weight excluding hydrogens is 264 g/mol. The summed E-state index contributed by atoms with van der Waals surface area (Å²) >= 11 is 5.03. The number of carbonyl (C=O) groups is 1. The van der Waals surface area contributed by atoms with E-state index in [-0.39, 0.29) is 11.9 Å². The predicted molar refractivity (Wildman–Crippen MR) is 60.3 cm³/mol. The number of hydrogen-bond acceptors (Lipinski definition) is 3. The lowest BCUT2D eigenvalue weighted by molar-refractivity contribution is -0.124. The van der Waals surface area contributed by atoms with Crippen molar-refractivity contribution in [3.8, 4) is 0 Å². The summed E-state index contributed by atoms with van der Waals surface area (Å²) in [4.78, 5) is 12.6. The zero-order chi connectivity index (χ0) is 9.97. The molecule has 1 saturated heterocycles. The van der Waals surface area contributed by atoms with E-state index in [2.05, 4.69) is 26.6 Å². The number of rotatable bonds is 3. The SMILES string of the molecule is O=C(NCc1ccc(Br)s1)[C@H]1CCN1. The van der Waals surface area contributed by atoms with Gasteiger partial charge in [-0.3, -0.25) is 4.79 Å². The van der Waals surface area contributed by atoms with Crippen molar-refractivity contribution < 1.29 is 4.79 Å². The monoisotopic (exact) mass is 274 g/mol. The number of amides is 1. The van der Waals surface area contributed by atoms with Gasteiger partial charge in [-0.25, -0.2) is 0 Å². The van der Waals surface area contributed by atoms with Gasteiger partial charge < -0.3 is 10.6 Å². The first kappa shape index (κ1) is 10.1. The van der Waals surface area contributed by atoms with Gasteiger partial charge in [-0.2, -0.15) is 0 Å². The van der Waals surface area contributed by atoms with Crippen LogP contribution in [0.15, 0.2) is 15.9 Å².